The molecule has 1 N–H and O–H groups in total. The van der Waals surface area contributed by atoms with E-state index in [1.807, 2.05) is 75.4 Å². The summed E-state index contributed by atoms with van der Waals surface area (Å²) in [6.07, 6.45) is 8.63. The predicted octanol–water partition coefficient (Wildman–Crippen LogP) is 2.79. The van der Waals surface area contributed by atoms with Crippen LogP contribution in [0, 0.1) is 17.8 Å². The van der Waals surface area contributed by atoms with Crippen molar-refractivity contribution < 1.29 is 24.2 Å². The van der Waals surface area contributed by atoms with Crippen molar-refractivity contribution in [3.63, 3.8) is 0 Å². The average molecular weight is 511 g/mol. The first-order chi connectivity index (χ1) is 17.2. The van der Waals surface area contributed by atoms with Crippen molar-refractivity contribution in [2.45, 2.75) is 55.3 Å². The van der Waals surface area contributed by atoms with Crippen molar-refractivity contribution >= 4 is 29.5 Å². The van der Waals surface area contributed by atoms with Crippen molar-refractivity contribution in [1.29, 1.82) is 0 Å². The van der Waals surface area contributed by atoms with Crippen LogP contribution in [0.5, 0.6) is 0 Å². The van der Waals surface area contributed by atoms with Crippen molar-refractivity contribution in [2.75, 3.05) is 19.8 Å². The average Bonchev–Trinajstić information content (AvgIpc) is 3.16. The van der Waals surface area contributed by atoms with Crippen LogP contribution in [0.15, 0.2) is 54.6 Å². The summed E-state index contributed by atoms with van der Waals surface area (Å²) in [7, 11) is 0. The Bertz CT molecular complexity index is 1100. The number of nitrogens with zero attached hydrogens (tertiary/aromatic N) is 2. The van der Waals surface area contributed by atoms with Gasteiger partial charge in [0.15, 0.2) is 0 Å². The SMILES string of the molecule is CC(C)[C@H](CO)N1C(=O)[C@@H]2[C@@H]3C(=O)OCCC=C[C@]3(C)S[C@@]23C=CCN(Cc2ccccc2)C(=O)C13. The molecule has 8 heteroatoms. The van der Waals surface area contributed by atoms with Gasteiger partial charge in [0.2, 0.25) is 11.8 Å². The molecule has 4 heterocycles. The third-order valence-electron chi connectivity index (χ3n) is 8.07. The molecule has 0 bridgehead atoms. The molecule has 36 heavy (non-hydrogen) atoms. The quantitative estimate of drug-likeness (QED) is 0.484. The maximum atomic E-state index is 14.4. The van der Waals surface area contributed by atoms with Crippen LogP contribution in [0.4, 0.5) is 0 Å². The van der Waals surface area contributed by atoms with Gasteiger partial charge in [-0.25, -0.2) is 0 Å². The van der Waals surface area contributed by atoms with Gasteiger partial charge >= 0.3 is 5.97 Å². The summed E-state index contributed by atoms with van der Waals surface area (Å²) >= 11 is 1.53. The lowest BCUT2D eigenvalue weighted by atomic mass is 9.74. The minimum absolute atomic E-state index is 0.0713. The normalized spacial score (nSPS) is 34.6. The number of thioether (sulfide) groups is 1. The molecule has 2 saturated heterocycles. The number of hydrogen-bond acceptors (Lipinski definition) is 6. The molecule has 0 aliphatic carbocycles. The first kappa shape index (κ1) is 25.1. The van der Waals surface area contributed by atoms with Crippen LogP contribution in [-0.4, -0.2) is 74.0 Å². The maximum absolute atomic E-state index is 14.4. The van der Waals surface area contributed by atoms with E-state index in [1.54, 1.807) is 9.80 Å². The second kappa shape index (κ2) is 9.38. The summed E-state index contributed by atoms with van der Waals surface area (Å²) in [4.78, 5) is 45.4. The number of ether oxygens (including phenoxy) is 1. The number of esters is 1. The van der Waals surface area contributed by atoms with Gasteiger partial charge in [-0.05, 0) is 24.8 Å². The topological polar surface area (TPSA) is 87.2 Å². The van der Waals surface area contributed by atoms with Crippen LogP contribution in [0.3, 0.4) is 0 Å². The van der Waals surface area contributed by atoms with E-state index < -0.39 is 33.4 Å². The van der Waals surface area contributed by atoms with Gasteiger partial charge in [0, 0.05) is 17.8 Å². The van der Waals surface area contributed by atoms with E-state index in [1.165, 1.54) is 11.8 Å². The number of carbonyl (C=O) groups is 3. The summed E-state index contributed by atoms with van der Waals surface area (Å²) in [5.74, 6) is -2.33. The fourth-order valence-corrected chi connectivity index (χ4v) is 8.54. The molecular formula is C28H34N2O5S. The van der Waals surface area contributed by atoms with Crippen LogP contribution in [-0.2, 0) is 25.7 Å². The number of carbonyl (C=O) groups excluding carboxylic acids is 3. The van der Waals surface area contributed by atoms with E-state index in [9.17, 15) is 19.5 Å². The molecule has 1 spiro atoms. The van der Waals surface area contributed by atoms with Crippen LogP contribution < -0.4 is 0 Å². The molecule has 5 rings (SSSR count). The Labute approximate surface area is 216 Å². The smallest absolute Gasteiger partial charge is 0.311 e. The summed E-state index contributed by atoms with van der Waals surface area (Å²) < 4.78 is 3.96. The van der Waals surface area contributed by atoms with Crippen molar-refractivity contribution in [3.05, 3.63) is 60.2 Å². The zero-order chi connectivity index (χ0) is 25.7. The summed E-state index contributed by atoms with van der Waals surface area (Å²) in [6, 6.07) is 8.43. The number of aliphatic hydroxyl groups is 1. The highest BCUT2D eigenvalue weighted by molar-refractivity contribution is 8.02. The molecule has 1 aromatic carbocycles. The maximum Gasteiger partial charge on any atom is 0.311 e. The van der Waals surface area contributed by atoms with Gasteiger partial charge < -0.3 is 19.6 Å². The number of likely N-dealkylation sites (tertiary alicyclic amines) is 1. The van der Waals surface area contributed by atoms with Crippen LogP contribution in [0.1, 0.15) is 32.8 Å². The molecule has 0 aromatic heterocycles. The molecule has 2 fully saturated rings. The molecular weight excluding hydrogens is 476 g/mol. The van der Waals surface area contributed by atoms with E-state index >= 15 is 0 Å². The molecule has 2 amide bonds. The Morgan fingerprint density at radius 1 is 1.08 bits per heavy atom. The Balaban J connectivity index is 1.64. The summed E-state index contributed by atoms with van der Waals surface area (Å²) in [6.45, 7) is 6.71. The predicted molar refractivity (Wildman–Crippen MR) is 138 cm³/mol. The number of rotatable bonds is 5. The second-order valence-electron chi connectivity index (χ2n) is 10.7. The second-order valence-corrected chi connectivity index (χ2v) is 12.5. The summed E-state index contributed by atoms with van der Waals surface area (Å²) in [5, 5.41) is 10.4. The van der Waals surface area contributed by atoms with Gasteiger partial charge in [-0.1, -0.05) is 68.5 Å². The van der Waals surface area contributed by atoms with E-state index in [0.29, 0.717) is 19.5 Å². The van der Waals surface area contributed by atoms with E-state index in [2.05, 4.69) is 0 Å². The minimum atomic E-state index is -0.935. The third kappa shape index (κ3) is 3.80. The number of benzene rings is 1. The largest absolute Gasteiger partial charge is 0.465 e. The van der Waals surface area contributed by atoms with Crippen molar-refractivity contribution in [3.8, 4) is 0 Å². The first-order valence-corrected chi connectivity index (χ1v) is 13.5. The van der Waals surface area contributed by atoms with Gasteiger partial charge in [0.25, 0.3) is 0 Å². The highest BCUT2D eigenvalue weighted by atomic mass is 32.2. The van der Waals surface area contributed by atoms with Crippen LogP contribution in [0.2, 0.25) is 0 Å². The molecule has 0 saturated carbocycles. The number of hydrogen-bond donors (Lipinski definition) is 1. The Morgan fingerprint density at radius 3 is 2.53 bits per heavy atom. The molecule has 6 atom stereocenters. The fraction of sp³-hybridized carbons (Fsp3) is 0.536. The molecule has 1 unspecified atom stereocenters. The van der Waals surface area contributed by atoms with Crippen LogP contribution in [0.25, 0.3) is 0 Å². The zero-order valence-electron chi connectivity index (χ0n) is 21.0. The van der Waals surface area contributed by atoms with Crippen molar-refractivity contribution in [2.24, 2.45) is 17.8 Å². The van der Waals surface area contributed by atoms with Gasteiger partial charge in [-0.15, -0.1) is 11.8 Å². The Kier molecular flexibility index (Phi) is 6.53. The molecule has 4 aliphatic heterocycles. The number of amides is 2. The lowest BCUT2D eigenvalue weighted by molar-refractivity contribution is -0.155. The lowest BCUT2D eigenvalue weighted by Crippen LogP contribution is -2.57. The van der Waals surface area contributed by atoms with Gasteiger partial charge in [0.05, 0.1) is 35.8 Å². The van der Waals surface area contributed by atoms with E-state index in [4.69, 9.17) is 4.74 Å². The fourth-order valence-electron chi connectivity index (χ4n) is 6.40. The molecule has 0 radical (unpaired) electrons. The molecule has 192 valence electrons. The monoisotopic (exact) mass is 510 g/mol. The Morgan fingerprint density at radius 2 is 1.83 bits per heavy atom. The van der Waals surface area contributed by atoms with Gasteiger partial charge in [0.1, 0.15) is 6.04 Å². The van der Waals surface area contributed by atoms with E-state index in [-0.39, 0.29) is 36.9 Å². The first-order valence-electron chi connectivity index (χ1n) is 12.7. The van der Waals surface area contributed by atoms with Gasteiger partial charge in [-0.3, -0.25) is 14.4 Å². The van der Waals surface area contributed by atoms with Crippen LogP contribution >= 0.6 is 11.8 Å². The minimum Gasteiger partial charge on any atom is -0.465 e. The summed E-state index contributed by atoms with van der Waals surface area (Å²) in [5.41, 5.74) is 1.00. The molecule has 1 aromatic rings. The zero-order valence-corrected chi connectivity index (χ0v) is 21.8. The van der Waals surface area contributed by atoms with Gasteiger partial charge in [-0.2, -0.15) is 0 Å². The lowest BCUT2D eigenvalue weighted by Gasteiger charge is -2.41. The molecule has 7 nitrogen and oxygen atoms in total. The Hall–Kier alpha value is -2.58. The number of cyclic esters (lactones) is 1. The van der Waals surface area contributed by atoms with E-state index in [0.717, 1.165) is 5.56 Å². The highest BCUT2D eigenvalue weighted by Crippen LogP contribution is 2.65. The highest BCUT2D eigenvalue weighted by Gasteiger charge is 2.74. The number of aliphatic hydroxyl groups excluding tert-OH is 1. The third-order valence-corrected chi connectivity index (χ3v) is 9.87. The van der Waals surface area contributed by atoms with Crippen molar-refractivity contribution in [1.82, 2.24) is 9.80 Å². The standard InChI is InChI=1S/C28H34N2O5S/c1-18(2)20(17-31)30-23-25(33)29(16-19-10-5-4-6-11-19)14-9-13-28(23)21(24(30)32)22-26(34)35-15-8-7-12-27(22,3)36-28/h4-7,9-13,18,20-23,31H,8,14-17H2,1-3H3/t20-,21-,22+,23?,27-,28-/m0/s1. The number of fused-ring (bicyclic) bond motifs is 2. The molecule has 4 aliphatic rings.